The molecule has 0 saturated carbocycles. The van der Waals surface area contributed by atoms with Crippen LogP contribution in [0.15, 0.2) is 70.0 Å². The fourth-order valence-electron chi connectivity index (χ4n) is 3.10. The third-order valence-corrected chi connectivity index (χ3v) is 6.77. The predicted octanol–water partition coefficient (Wildman–Crippen LogP) is 7.71. The molecule has 33 heavy (non-hydrogen) atoms. The monoisotopic (exact) mass is 565 g/mol. The molecule has 1 aliphatic heterocycles. The number of nitrogens with zero attached hydrogens (tertiary/aromatic N) is 1. The molecule has 1 heterocycles. The highest BCUT2D eigenvalue weighted by Crippen LogP contribution is 2.36. The number of carbonyl (C=O) groups excluding carboxylic acids is 2. The van der Waals surface area contributed by atoms with Crippen LogP contribution >= 0.6 is 50.9 Å². The summed E-state index contributed by atoms with van der Waals surface area (Å²) >= 11 is 16.4. The van der Waals surface area contributed by atoms with E-state index < -0.39 is 5.91 Å². The van der Waals surface area contributed by atoms with Crippen molar-refractivity contribution < 1.29 is 18.7 Å². The molecular weight excluding hydrogens is 552 g/mol. The van der Waals surface area contributed by atoms with Crippen LogP contribution < -0.4 is 4.74 Å². The van der Waals surface area contributed by atoms with Crippen LogP contribution in [0.2, 0.25) is 10.0 Å². The van der Waals surface area contributed by atoms with E-state index in [1.54, 1.807) is 48.5 Å². The van der Waals surface area contributed by atoms with Crippen molar-refractivity contribution in [3.05, 3.63) is 103 Å². The number of hydrogen-bond acceptors (Lipinski definition) is 4. The summed E-state index contributed by atoms with van der Waals surface area (Å²) in [5, 5.41) is 0.468. The predicted molar refractivity (Wildman–Crippen MR) is 133 cm³/mol. The van der Waals surface area contributed by atoms with Crippen LogP contribution in [0.3, 0.4) is 0 Å². The molecule has 0 spiro atoms. The van der Waals surface area contributed by atoms with Crippen molar-refractivity contribution in [1.29, 1.82) is 0 Å². The number of halogens is 4. The van der Waals surface area contributed by atoms with Gasteiger partial charge in [0.2, 0.25) is 0 Å². The van der Waals surface area contributed by atoms with Crippen LogP contribution in [0.4, 0.5) is 9.18 Å². The molecule has 3 aromatic rings. The minimum absolute atomic E-state index is 0.0460. The van der Waals surface area contributed by atoms with E-state index in [9.17, 15) is 14.0 Å². The topological polar surface area (TPSA) is 46.6 Å². The maximum absolute atomic E-state index is 13.1. The Hall–Kier alpha value is -2.32. The van der Waals surface area contributed by atoms with Crippen LogP contribution in [0.1, 0.15) is 16.7 Å². The van der Waals surface area contributed by atoms with Gasteiger partial charge >= 0.3 is 0 Å². The van der Waals surface area contributed by atoms with Crippen LogP contribution in [0, 0.1) is 5.82 Å². The first-order valence-electron chi connectivity index (χ1n) is 9.66. The molecule has 4 nitrogen and oxygen atoms in total. The summed E-state index contributed by atoms with van der Waals surface area (Å²) in [4.78, 5) is 26.9. The number of thioether (sulfide) groups is 1. The molecule has 1 saturated heterocycles. The molecule has 0 radical (unpaired) electrons. The zero-order valence-electron chi connectivity index (χ0n) is 16.9. The van der Waals surface area contributed by atoms with Crippen molar-refractivity contribution >= 4 is 68.1 Å². The second-order valence-electron chi connectivity index (χ2n) is 7.10. The summed E-state index contributed by atoms with van der Waals surface area (Å²) in [5.41, 5.74) is 2.04. The van der Waals surface area contributed by atoms with E-state index in [1.807, 2.05) is 6.07 Å². The highest BCUT2D eigenvalue weighted by atomic mass is 79.9. The maximum Gasteiger partial charge on any atom is 0.293 e. The Morgan fingerprint density at radius 2 is 1.79 bits per heavy atom. The zero-order valence-corrected chi connectivity index (χ0v) is 20.8. The Bertz CT molecular complexity index is 1270. The van der Waals surface area contributed by atoms with E-state index in [1.165, 1.54) is 12.1 Å². The number of carbonyl (C=O) groups is 2. The zero-order chi connectivity index (χ0) is 23.5. The van der Waals surface area contributed by atoms with Crippen molar-refractivity contribution in [3.63, 3.8) is 0 Å². The molecule has 1 aliphatic rings. The summed E-state index contributed by atoms with van der Waals surface area (Å²) in [6.45, 7) is 0.268. The standard InChI is InChI=1S/C24H15BrCl2FNO3S/c25-17-4-8-21(32-13-14-1-6-19(28)7-2-14)16(9-17)10-22-23(30)29(24(31)33-22)12-15-3-5-18(26)11-20(15)27/h1-11H,12-13H2/b22-10-. The van der Waals surface area contributed by atoms with Crippen LogP contribution in [-0.2, 0) is 17.9 Å². The van der Waals surface area contributed by atoms with Crippen molar-refractivity contribution in [3.8, 4) is 5.75 Å². The third kappa shape index (κ3) is 5.79. The van der Waals surface area contributed by atoms with Gasteiger partial charge in [-0.15, -0.1) is 0 Å². The molecule has 0 aliphatic carbocycles. The second-order valence-corrected chi connectivity index (χ2v) is 9.85. The van der Waals surface area contributed by atoms with Crippen LogP contribution in [0.25, 0.3) is 6.08 Å². The van der Waals surface area contributed by atoms with Gasteiger partial charge in [-0.2, -0.15) is 0 Å². The molecule has 0 atom stereocenters. The van der Waals surface area contributed by atoms with Crippen LogP contribution in [-0.4, -0.2) is 16.0 Å². The molecule has 0 aromatic heterocycles. The maximum atomic E-state index is 13.1. The second kappa shape index (κ2) is 10.3. The van der Waals surface area contributed by atoms with Gasteiger partial charge in [0.25, 0.3) is 11.1 Å². The SMILES string of the molecule is O=C1S/C(=C\c2cc(Br)ccc2OCc2ccc(F)cc2)C(=O)N1Cc1ccc(Cl)cc1Cl. The number of hydrogen-bond donors (Lipinski definition) is 0. The number of amides is 2. The first kappa shape index (κ1) is 23.8. The molecular formula is C24H15BrCl2FNO3S. The minimum Gasteiger partial charge on any atom is -0.488 e. The fraction of sp³-hybridized carbons (Fsp3) is 0.0833. The van der Waals surface area contributed by atoms with Gasteiger partial charge in [0, 0.05) is 20.1 Å². The van der Waals surface area contributed by atoms with Crippen molar-refractivity contribution in [2.75, 3.05) is 0 Å². The summed E-state index contributed by atoms with van der Waals surface area (Å²) in [6, 6.07) is 16.3. The Morgan fingerprint density at radius 3 is 2.52 bits per heavy atom. The summed E-state index contributed by atoms with van der Waals surface area (Å²) < 4.78 is 19.8. The lowest BCUT2D eigenvalue weighted by Crippen LogP contribution is -2.27. The van der Waals surface area contributed by atoms with E-state index in [2.05, 4.69) is 15.9 Å². The average molecular weight is 567 g/mol. The lowest BCUT2D eigenvalue weighted by atomic mass is 10.1. The van der Waals surface area contributed by atoms with Crippen molar-refractivity contribution in [2.45, 2.75) is 13.2 Å². The highest BCUT2D eigenvalue weighted by molar-refractivity contribution is 9.10. The van der Waals surface area contributed by atoms with Crippen molar-refractivity contribution in [2.24, 2.45) is 0 Å². The van der Waals surface area contributed by atoms with E-state index >= 15 is 0 Å². The molecule has 1 fully saturated rings. The molecule has 2 amide bonds. The Labute approximate surface area is 212 Å². The van der Waals surface area contributed by atoms with Crippen LogP contribution in [0.5, 0.6) is 5.75 Å². The van der Waals surface area contributed by atoms with Gasteiger partial charge in [-0.05, 0) is 71.4 Å². The number of ether oxygens (including phenoxy) is 1. The van der Waals surface area contributed by atoms with Crippen molar-refractivity contribution in [1.82, 2.24) is 4.90 Å². The molecule has 4 rings (SSSR count). The van der Waals surface area contributed by atoms with Gasteiger partial charge in [-0.1, -0.05) is 57.3 Å². The average Bonchev–Trinajstić information content (AvgIpc) is 3.03. The quantitative estimate of drug-likeness (QED) is 0.287. The van der Waals surface area contributed by atoms with Gasteiger partial charge < -0.3 is 4.74 Å². The van der Waals surface area contributed by atoms with Gasteiger partial charge in [0.05, 0.1) is 11.4 Å². The first-order valence-corrected chi connectivity index (χ1v) is 12.0. The molecule has 3 aromatic carbocycles. The lowest BCUT2D eigenvalue weighted by molar-refractivity contribution is -0.123. The van der Waals surface area contributed by atoms with Gasteiger partial charge in [0.15, 0.2) is 0 Å². The molecule has 0 N–H and O–H groups in total. The number of rotatable bonds is 6. The highest BCUT2D eigenvalue weighted by Gasteiger charge is 2.35. The summed E-state index contributed by atoms with van der Waals surface area (Å²) in [6.07, 6.45) is 1.62. The normalized spacial score (nSPS) is 14.9. The molecule has 0 bridgehead atoms. The smallest absolute Gasteiger partial charge is 0.293 e. The largest absolute Gasteiger partial charge is 0.488 e. The first-order chi connectivity index (χ1) is 15.8. The van der Waals surface area contributed by atoms with Gasteiger partial charge in [0.1, 0.15) is 18.2 Å². The lowest BCUT2D eigenvalue weighted by Gasteiger charge is -2.14. The Kier molecular flexibility index (Phi) is 7.44. The minimum atomic E-state index is -0.416. The van der Waals surface area contributed by atoms with E-state index in [0.29, 0.717) is 26.9 Å². The molecule has 0 unspecified atom stereocenters. The molecule has 168 valence electrons. The number of benzene rings is 3. The summed E-state index contributed by atoms with van der Waals surface area (Å²) in [5.74, 6) is -0.214. The van der Waals surface area contributed by atoms with E-state index in [0.717, 1.165) is 26.7 Å². The fourth-order valence-corrected chi connectivity index (χ4v) is 4.78. The Balaban J connectivity index is 1.55. The molecule has 9 heteroatoms. The van der Waals surface area contributed by atoms with Gasteiger partial charge in [-0.3, -0.25) is 14.5 Å². The van der Waals surface area contributed by atoms with Gasteiger partial charge in [-0.25, -0.2) is 4.39 Å². The van der Waals surface area contributed by atoms with E-state index in [-0.39, 0.29) is 29.1 Å². The Morgan fingerprint density at radius 1 is 1.03 bits per heavy atom. The van der Waals surface area contributed by atoms with E-state index in [4.69, 9.17) is 27.9 Å². The summed E-state index contributed by atoms with van der Waals surface area (Å²) in [7, 11) is 0. The third-order valence-electron chi connectivity index (χ3n) is 4.78. The number of imide groups is 1.